The average Bonchev–Trinajstić information content (AvgIpc) is 3.20. The molecular formula is C18H25N5O2. The zero-order valence-corrected chi connectivity index (χ0v) is 15.1. The summed E-state index contributed by atoms with van der Waals surface area (Å²) >= 11 is 0. The predicted octanol–water partition coefficient (Wildman–Crippen LogP) is 2.44. The maximum absolute atomic E-state index is 12.1. The Morgan fingerprint density at radius 1 is 1.16 bits per heavy atom. The Morgan fingerprint density at radius 2 is 1.92 bits per heavy atom. The first kappa shape index (κ1) is 17.3. The molecule has 0 spiro atoms. The van der Waals surface area contributed by atoms with Gasteiger partial charge in [-0.25, -0.2) is 9.97 Å². The lowest BCUT2D eigenvalue weighted by molar-refractivity contribution is 0.0953. The van der Waals surface area contributed by atoms with Crippen LogP contribution in [-0.2, 0) is 0 Å². The van der Waals surface area contributed by atoms with Crippen LogP contribution in [0, 0.1) is 20.8 Å². The van der Waals surface area contributed by atoms with E-state index in [1.165, 1.54) is 12.8 Å². The quantitative estimate of drug-likeness (QED) is 0.784. The van der Waals surface area contributed by atoms with Crippen LogP contribution in [0.3, 0.4) is 0 Å². The van der Waals surface area contributed by atoms with E-state index in [-0.39, 0.29) is 5.91 Å². The van der Waals surface area contributed by atoms with Gasteiger partial charge in [-0.1, -0.05) is 0 Å². The van der Waals surface area contributed by atoms with Crippen LogP contribution in [0.25, 0.3) is 0 Å². The van der Waals surface area contributed by atoms with Crippen LogP contribution in [0.2, 0.25) is 0 Å². The van der Waals surface area contributed by atoms with E-state index in [1.54, 1.807) is 13.0 Å². The Hall–Kier alpha value is -2.57. The van der Waals surface area contributed by atoms with Crippen molar-refractivity contribution in [3.63, 3.8) is 0 Å². The molecule has 25 heavy (non-hydrogen) atoms. The fraction of sp³-hybridized carbons (Fsp3) is 0.500. The molecule has 1 fully saturated rings. The summed E-state index contributed by atoms with van der Waals surface area (Å²) in [6, 6.07) is 3.73. The third-order valence-corrected chi connectivity index (χ3v) is 4.26. The summed E-state index contributed by atoms with van der Waals surface area (Å²) in [7, 11) is 0. The monoisotopic (exact) mass is 343 g/mol. The average molecular weight is 343 g/mol. The Labute approximate surface area is 147 Å². The van der Waals surface area contributed by atoms with Gasteiger partial charge in [0.2, 0.25) is 0 Å². The first-order chi connectivity index (χ1) is 12.0. The number of aromatic nitrogens is 2. The minimum atomic E-state index is -0.118. The third-order valence-electron chi connectivity index (χ3n) is 4.26. The summed E-state index contributed by atoms with van der Waals surface area (Å²) in [5, 5.41) is 6.15. The van der Waals surface area contributed by atoms with Crippen molar-refractivity contribution >= 4 is 17.5 Å². The van der Waals surface area contributed by atoms with Crippen molar-refractivity contribution in [2.45, 2.75) is 33.6 Å². The molecule has 1 amide bonds. The topological polar surface area (TPSA) is 83.3 Å². The summed E-state index contributed by atoms with van der Waals surface area (Å²) in [6.45, 7) is 8.73. The van der Waals surface area contributed by atoms with Gasteiger partial charge >= 0.3 is 0 Å². The molecule has 1 saturated heterocycles. The number of amides is 1. The Balaban J connectivity index is 1.52. The summed E-state index contributed by atoms with van der Waals surface area (Å²) in [5.41, 5.74) is 0.590. The van der Waals surface area contributed by atoms with E-state index in [4.69, 9.17) is 4.42 Å². The fourth-order valence-electron chi connectivity index (χ4n) is 3.07. The minimum Gasteiger partial charge on any atom is -0.466 e. The summed E-state index contributed by atoms with van der Waals surface area (Å²) in [5.74, 6) is 3.78. The minimum absolute atomic E-state index is 0.118. The zero-order chi connectivity index (χ0) is 17.8. The maximum Gasteiger partial charge on any atom is 0.254 e. The molecule has 1 aliphatic heterocycles. The highest BCUT2D eigenvalue weighted by Gasteiger charge is 2.15. The van der Waals surface area contributed by atoms with Gasteiger partial charge in [-0.05, 0) is 39.7 Å². The van der Waals surface area contributed by atoms with E-state index < -0.39 is 0 Å². The number of anilines is 2. The molecule has 3 rings (SSSR count). The van der Waals surface area contributed by atoms with Gasteiger partial charge in [0.15, 0.2) is 0 Å². The summed E-state index contributed by atoms with van der Waals surface area (Å²) in [6.07, 6.45) is 2.43. The molecule has 0 aliphatic carbocycles. The highest BCUT2D eigenvalue weighted by atomic mass is 16.3. The number of hydrogen-bond acceptors (Lipinski definition) is 6. The van der Waals surface area contributed by atoms with E-state index in [0.717, 1.165) is 36.3 Å². The van der Waals surface area contributed by atoms with Crippen LogP contribution in [0.5, 0.6) is 0 Å². The molecular weight excluding hydrogens is 318 g/mol. The fourth-order valence-corrected chi connectivity index (χ4v) is 3.07. The second kappa shape index (κ2) is 7.55. The Morgan fingerprint density at radius 3 is 2.60 bits per heavy atom. The second-order valence-electron chi connectivity index (χ2n) is 6.36. The molecule has 0 saturated carbocycles. The molecule has 0 atom stereocenters. The zero-order valence-electron chi connectivity index (χ0n) is 15.1. The number of carbonyl (C=O) groups is 1. The molecule has 7 heteroatoms. The molecule has 0 unspecified atom stereocenters. The number of nitrogens with one attached hydrogen (secondary N) is 2. The standard InChI is InChI=1S/C18H25N5O2/c1-12-10-15(13(2)25-12)18(24)20-7-6-19-16-11-17(22-14(3)21-16)23-8-4-5-9-23/h10-11H,4-9H2,1-3H3,(H,20,24)(H,19,21,22). The molecule has 134 valence electrons. The molecule has 1 aliphatic rings. The largest absolute Gasteiger partial charge is 0.466 e. The van der Waals surface area contributed by atoms with Gasteiger partial charge in [0.1, 0.15) is 29.0 Å². The van der Waals surface area contributed by atoms with Crippen LogP contribution in [0.4, 0.5) is 11.6 Å². The van der Waals surface area contributed by atoms with Crippen molar-refractivity contribution < 1.29 is 9.21 Å². The van der Waals surface area contributed by atoms with Crippen molar-refractivity contribution in [2.24, 2.45) is 0 Å². The normalized spacial score (nSPS) is 14.0. The van der Waals surface area contributed by atoms with Crippen molar-refractivity contribution in [2.75, 3.05) is 36.4 Å². The van der Waals surface area contributed by atoms with Gasteiger partial charge in [0.25, 0.3) is 5.91 Å². The van der Waals surface area contributed by atoms with E-state index in [1.807, 2.05) is 19.9 Å². The van der Waals surface area contributed by atoms with Gasteiger partial charge in [0.05, 0.1) is 5.56 Å². The lowest BCUT2D eigenvalue weighted by Crippen LogP contribution is -2.29. The lowest BCUT2D eigenvalue weighted by Gasteiger charge is -2.17. The van der Waals surface area contributed by atoms with Gasteiger partial charge in [-0.3, -0.25) is 4.79 Å². The number of nitrogens with zero attached hydrogens (tertiary/aromatic N) is 3. The second-order valence-corrected chi connectivity index (χ2v) is 6.36. The van der Waals surface area contributed by atoms with E-state index in [0.29, 0.717) is 24.4 Å². The molecule has 2 N–H and O–H groups in total. The summed E-state index contributed by atoms with van der Waals surface area (Å²) < 4.78 is 5.39. The first-order valence-corrected chi connectivity index (χ1v) is 8.72. The van der Waals surface area contributed by atoms with Gasteiger partial charge in [0, 0.05) is 32.2 Å². The first-order valence-electron chi connectivity index (χ1n) is 8.72. The van der Waals surface area contributed by atoms with Crippen molar-refractivity contribution in [3.8, 4) is 0 Å². The van der Waals surface area contributed by atoms with Gasteiger partial charge < -0.3 is 20.0 Å². The van der Waals surface area contributed by atoms with Crippen LogP contribution in [0.1, 0.15) is 40.5 Å². The van der Waals surface area contributed by atoms with Gasteiger partial charge in [-0.15, -0.1) is 0 Å². The third kappa shape index (κ3) is 4.29. The maximum atomic E-state index is 12.1. The van der Waals surface area contributed by atoms with Crippen LogP contribution < -0.4 is 15.5 Å². The molecule has 2 aromatic rings. The van der Waals surface area contributed by atoms with E-state index in [2.05, 4.69) is 25.5 Å². The highest BCUT2D eigenvalue weighted by molar-refractivity contribution is 5.95. The Kier molecular flexibility index (Phi) is 5.21. The molecule has 2 aromatic heterocycles. The van der Waals surface area contributed by atoms with Crippen LogP contribution >= 0.6 is 0 Å². The van der Waals surface area contributed by atoms with Crippen LogP contribution in [-0.4, -0.2) is 42.1 Å². The van der Waals surface area contributed by atoms with E-state index >= 15 is 0 Å². The number of hydrogen-bond donors (Lipinski definition) is 2. The SMILES string of the molecule is Cc1nc(NCCNC(=O)c2cc(C)oc2C)cc(N2CCCC2)n1. The van der Waals surface area contributed by atoms with Gasteiger partial charge in [-0.2, -0.15) is 0 Å². The molecule has 0 bridgehead atoms. The lowest BCUT2D eigenvalue weighted by atomic mass is 10.2. The molecule has 7 nitrogen and oxygen atoms in total. The van der Waals surface area contributed by atoms with Crippen molar-refractivity contribution in [1.29, 1.82) is 0 Å². The van der Waals surface area contributed by atoms with Crippen molar-refractivity contribution in [3.05, 3.63) is 35.0 Å². The number of furan rings is 1. The molecule has 3 heterocycles. The highest BCUT2D eigenvalue weighted by Crippen LogP contribution is 2.20. The molecule has 0 radical (unpaired) electrons. The number of aryl methyl sites for hydroxylation is 3. The van der Waals surface area contributed by atoms with Crippen molar-refractivity contribution in [1.82, 2.24) is 15.3 Å². The Bertz CT molecular complexity index is 750. The van der Waals surface area contributed by atoms with Crippen LogP contribution in [0.15, 0.2) is 16.5 Å². The smallest absolute Gasteiger partial charge is 0.254 e. The summed E-state index contributed by atoms with van der Waals surface area (Å²) in [4.78, 5) is 23.4. The number of rotatable bonds is 6. The number of carbonyl (C=O) groups excluding carboxylic acids is 1. The predicted molar refractivity (Wildman–Crippen MR) is 97.2 cm³/mol. The molecule has 0 aromatic carbocycles. The van der Waals surface area contributed by atoms with E-state index in [9.17, 15) is 4.79 Å².